The largest absolute Gasteiger partial charge is 0.460 e. The molecule has 3 amide bonds. The number of nitrogens with one attached hydrogen (secondary N) is 1. The van der Waals surface area contributed by atoms with E-state index in [2.05, 4.69) is 0 Å². The van der Waals surface area contributed by atoms with Crippen molar-refractivity contribution in [2.75, 3.05) is 13.1 Å². The van der Waals surface area contributed by atoms with Crippen LogP contribution in [-0.4, -0.2) is 77.4 Å². The van der Waals surface area contributed by atoms with Crippen molar-refractivity contribution in [3.05, 3.63) is 0 Å². The number of hydrogen-bond donors (Lipinski definition) is 1. The van der Waals surface area contributed by atoms with E-state index in [1.54, 1.807) is 6.92 Å². The van der Waals surface area contributed by atoms with E-state index < -0.39 is 78.3 Å². The van der Waals surface area contributed by atoms with Gasteiger partial charge in [-0.1, -0.05) is 6.92 Å². The van der Waals surface area contributed by atoms with Crippen molar-refractivity contribution < 1.29 is 80.2 Å². The normalized spacial score (nSPS) is 18.8. The summed E-state index contributed by atoms with van der Waals surface area (Å²) in [6.07, 6.45) is -8.37. The smallest absolute Gasteiger partial charge is 0.351 e. The standard InChI is InChI=1S/C18H17F15N2O3/c1-2-8-7-9(36)35(10(8)37)6-4-3-5-34-11(38)12(19,20)13(21,22)14(23,24)15(25,26)16(27,28)17(29,30)18(31,32)33/h8H,2-7H2,1H3,(H,34,38). The predicted octanol–water partition coefficient (Wildman–Crippen LogP) is 5.04. The van der Waals surface area contributed by atoms with E-state index in [1.165, 1.54) is 0 Å². The molecule has 20 heteroatoms. The van der Waals surface area contributed by atoms with Crippen LogP contribution in [0.15, 0.2) is 0 Å². The van der Waals surface area contributed by atoms with Gasteiger partial charge in [-0.3, -0.25) is 19.3 Å². The molecule has 0 aliphatic carbocycles. The molecule has 0 aromatic heterocycles. The van der Waals surface area contributed by atoms with Crippen LogP contribution in [0.25, 0.3) is 0 Å². The molecule has 1 atom stereocenters. The fourth-order valence-electron chi connectivity index (χ4n) is 3.12. The summed E-state index contributed by atoms with van der Waals surface area (Å²) in [6, 6.07) is 0. The Morgan fingerprint density at radius 1 is 0.763 bits per heavy atom. The molecule has 1 rings (SSSR count). The lowest BCUT2D eigenvalue weighted by atomic mass is 9.91. The number of amides is 3. The highest BCUT2D eigenvalue weighted by Crippen LogP contribution is 2.62. The molecule has 1 aliphatic rings. The number of carbonyl (C=O) groups excluding carboxylic acids is 3. The Kier molecular flexibility index (Phi) is 9.08. The number of likely N-dealkylation sites (tertiary alicyclic amines) is 1. The zero-order chi connectivity index (χ0) is 30.3. The molecule has 0 radical (unpaired) electrons. The van der Waals surface area contributed by atoms with Crippen LogP contribution in [-0.2, 0) is 14.4 Å². The number of hydrogen-bond acceptors (Lipinski definition) is 3. The second-order valence-electron chi connectivity index (χ2n) is 8.10. The van der Waals surface area contributed by atoms with Crippen molar-refractivity contribution in [2.45, 2.75) is 74.3 Å². The third kappa shape index (κ3) is 5.10. The van der Waals surface area contributed by atoms with Crippen LogP contribution in [0.4, 0.5) is 65.9 Å². The van der Waals surface area contributed by atoms with Crippen LogP contribution in [0.3, 0.4) is 0 Å². The van der Waals surface area contributed by atoms with Gasteiger partial charge in [0.25, 0.3) is 5.91 Å². The highest BCUT2D eigenvalue weighted by molar-refractivity contribution is 6.03. The molecular weight excluding hydrogens is 577 g/mol. The molecule has 1 heterocycles. The number of carbonyl (C=O) groups is 3. The van der Waals surface area contributed by atoms with E-state index in [1.807, 2.05) is 0 Å². The lowest BCUT2D eigenvalue weighted by Crippen LogP contribution is -2.74. The van der Waals surface area contributed by atoms with Gasteiger partial charge < -0.3 is 5.32 Å². The lowest BCUT2D eigenvalue weighted by Gasteiger charge is -2.41. The number of alkyl halides is 15. The van der Waals surface area contributed by atoms with Crippen molar-refractivity contribution in [1.29, 1.82) is 0 Å². The van der Waals surface area contributed by atoms with Crippen LogP contribution in [0, 0.1) is 5.92 Å². The number of imide groups is 1. The van der Waals surface area contributed by atoms with Gasteiger partial charge in [0.15, 0.2) is 0 Å². The average Bonchev–Trinajstić information content (AvgIpc) is 3.04. The molecule has 5 nitrogen and oxygen atoms in total. The first-order valence-corrected chi connectivity index (χ1v) is 10.2. The van der Waals surface area contributed by atoms with E-state index >= 15 is 0 Å². The fraction of sp³-hybridized carbons (Fsp3) is 0.833. The van der Waals surface area contributed by atoms with Crippen molar-refractivity contribution >= 4 is 17.7 Å². The molecular formula is C18H17F15N2O3. The summed E-state index contributed by atoms with van der Waals surface area (Å²) in [7, 11) is 0. The van der Waals surface area contributed by atoms with Crippen LogP contribution < -0.4 is 5.32 Å². The van der Waals surface area contributed by atoms with Gasteiger partial charge in [-0.15, -0.1) is 0 Å². The van der Waals surface area contributed by atoms with E-state index in [-0.39, 0.29) is 19.4 Å². The molecule has 1 unspecified atom stereocenters. The van der Waals surface area contributed by atoms with E-state index in [4.69, 9.17) is 0 Å². The summed E-state index contributed by atoms with van der Waals surface area (Å²) >= 11 is 0. The summed E-state index contributed by atoms with van der Waals surface area (Å²) in [5, 5.41) is 0.862. The summed E-state index contributed by atoms with van der Waals surface area (Å²) in [5.74, 6) is -53.6. The van der Waals surface area contributed by atoms with Crippen LogP contribution in [0.2, 0.25) is 0 Å². The molecule has 222 valence electrons. The molecule has 0 bridgehead atoms. The van der Waals surface area contributed by atoms with Gasteiger partial charge in [-0.25, -0.2) is 0 Å². The molecule has 0 spiro atoms. The minimum Gasteiger partial charge on any atom is -0.351 e. The maximum Gasteiger partial charge on any atom is 0.460 e. The summed E-state index contributed by atoms with van der Waals surface area (Å²) in [6.45, 7) is 0.110. The first kappa shape index (κ1) is 33.6. The molecule has 0 aromatic rings. The maximum absolute atomic E-state index is 13.8. The summed E-state index contributed by atoms with van der Waals surface area (Å²) < 4.78 is 197. The fourth-order valence-corrected chi connectivity index (χ4v) is 3.12. The third-order valence-corrected chi connectivity index (χ3v) is 5.54. The quantitative estimate of drug-likeness (QED) is 0.196. The average molecular weight is 594 g/mol. The SMILES string of the molecule is CCC1CC(=O)N(CCCCNC(=O)C(F)(F)C(F)(F)C(F)(F)C(F)(F)C(F)(F)C(F)(F)C(F)(F)F)C1=O. The number of unbranched alkanes of at least 4 members (excludes halogenated alkanes) is 1. The zero-order valence-corrected chi connectivity index (χ0v) is 18.7. The minimum atomic E-state index is -8.47. The van der Waals surface area contributed by atoms with E-state index in [0.717, 1.165) is 10.2 Å². The Hall–Kier alpha value is -2.44. The van der Waals surface area contributed by atoms with Crippen molar-refractivity contribution in [3.8, 4) is 0 Å². The van der Waals surface area contributed by atoms with Gasteiger partial charge in [0, 0.05) is 25.4 Å². The predicted molar refractivity (Wildman–Crippen MR) is 93.1 cm³/mol. The van der Waals surface area contributed by atoms with Crippen molar-refractivity contribution in [2.24, 2.45) is 5.92 Å². The Balaban J connectivity index is 2.99. The van der Waals surface area contributed by atoms with E-state index in [9.17, 15) is 80.2 Å². The zero-order valence-electron chi connectivity index (χ0n) is 18.7. The van der Waals surface area contributed by atoms with Gasteiger partial charge >= 0.3 is 41.7 Å². The number of nitrogens with zero attached hydrogens (tertiary/aromatic N) is 1. The molecule has 1 aliphatic heterocycles. The van der Waals surface area contributed by atoms with Gasteiger partial charge in [0.1, 0.15) is 0 Å². The Labute approximate surface area is 202 Å². The highest BCUT2D eigenvalue weighted by Gasteiger charge is 2.94. The summed E-state index contributed by atoms with van der Waals surface area (Å²) in [4.78, 5) is 35.7. The van der Waals surface area contributed by atoms with Gasteiger partial charge in [0.05, 0.1) is 0 Å². The lowest BCUT2D eigenvalue weighted by molar-refractivity contribution is -0.449. The third-order valence-electron chi connectivity index (χ3n) is 5.54. The highest BCUT2D eigenvalue weighted by atomic mass is 19.4. The first-order valence-electron chi connectivity index (χ1n) is 10.2. The van der Waals surface area contributed by atoms with Gasteiger partial charge in [-0.05, 0) is 19.3 Å². The molecule has 1 saturated heterocycles. The molecule has 1 N–H and O–H groups in total. The topological polar surface area (TPSA) is 66.5 Å². The van der Waals surface area contributed by atoms with Crippen LogP contribution in [0.5, 0.6) is 0 Å². The minimum absolute atomic E-state index is 0.139. The number of rotatable bonds is 12. The molecule has 0 aromatic carbocycles. The Morgan fingerprint density at radius 2 is 1.21 bits per heavy atom. The first-order chi connectivity index (χ1) is 16.8. The molecule has 0 saturated carbocycles. The Bertz CT molecular complexity index is 917. The molecule has 38 heavy (non-hydrogen) atoms. The van der Waals surface area contributed by atoms with Gasteiger partial charge in [-0.2, -0.15) is 65.9 Å². The van der Waals surface area contributed by atoms with E-state index in [0.29, 0.717) is 6.42 Å². The Morgan fingerprint density at radius 3 is 1.63 bits per heavy atom. The molecule has 1 fully saturated rings. The maximum atomic E-state index is 13.8. The van der Waals surface area contributed by atoms with Crippen molar-refractivity contribution in [3.63, 3.8) is 0 Å². The van der Waals surface area contributed by atoms with Crippen LogP contribution >= 0.6 is 0 Å². The van der Waals surface area contributed by atoms with Crippen LogP contribution in [0.1, 0.15) is 32.6 Å². The second kappa shape index (κ2) is 10.3. The number of halogens is 15. The monoisotopic (exact) mass is 594 g/mol. The second-order valence-corrected chi connectivity index (χ2v) is 8.10. The van der Waals surface area contributed by atoms with Gasteiger partial charge in [0.2, 0.25) is 11.8 Å². The summed E-state index contributed by atoms with van der Waals surface area (Å²) in [5.41, 5.74) is 0. The van der Waals surface area contributed by atoms with Crippen molar-refractivity contribution in [1.82, 2.24) is 10.2 Å².